The maximum absolute atomic E-state index is 13.0. The molecule has 0 unspecified atom stereocenters. The zero-order chi connectivity index (χ0) is 21.3. The number of hydrogen-bond donors (Lipinski definition) is 0. The number of rotatable bonds is 4. The Morgan fingerprint density at radius 3 is 2.47 bits per heavy atom. The number of hydrogen-bond acceptors (Lipinski definition) is 4. The molecule has 2 aromatic carbocycles. The highest BCUT2D eigenvalue weighted by atomic mass is 32.1. The molecule has 0 radical (unpaired) electrons. The van der Waals surface area contributed by atoms with Crippen LogP contribution < -0.4 is 24.2 Å². The standard InChI is InChI=1S/C23H22N3O2S2/c1-4-25-22(14-21-24(3)18-12-8-9-13-19(18)29-21)30-20(23(25)28)15-26(16(2)27)17-10-6-5-7-11-17/h5-15H,4H2,1-3H3/q+1. The van der Waals surface area contributed by atoms with Crippen LogP contribution in [0.2, 0.25) is 0 Å². The lowest BCUT2D eigenvalue weighted by atomic mass is 10.3. The number of aryl methyl sites for hydroxylation is 1. The van der Waals surface area contributed by atoms with Gasteiger partial charge in [-0.3, -0.25) is 19.1 Å². The molecular weight excluding hydrogens is 414 g/mol. The Balaban J connectivity index is 1.89. The zero-order valence-electron chi connectivity index (χ0n) is 17.0. The molecule has 0 fully saturated rings. The predicted molar refractivity (Wildman–Crippen MR) is 124 cm³/mol. The van der Waals surface area contributed by atoms with Crippen molar-refractivity contribution in [3.05, 3.63) is 79.2 Å². The first kappa shape index (κ1) is 20.3. The second-order valence-electron chi connectivity index (χ2n) is 6.82. The molecule has 152 valence electrons. The number of aromatic nitrogens is 2. The smallest absolute Gasteiger partial charge is 0.270 e. The minimum atomic E-state index is -0.140. The maximum atomic E-state index is 13.0. The van der Waals surface area contributed by atoms with Crippen LogP contribution in [0.1, 0.15) is 18.9 Å². The van der Waals surface area contributed by atoms with Crippen molar-refractivity contribution in [3.63, 3.8) is 0 Å². The third kappa shape index (κ3) is 3.74. The van der Waals surface area contributed by atoms with E-state index in [1.807, 2.05) is 56.4 Å². The van der Waals surface area contributed by atoms with Gasteiger partial charge in [0.2, 0.25) is 11.4 Å². The van der Waals surface area contributed by atoms with E-state index in [1.165, 1.54) is 27.9 Å². The van der Waals surface area contributed by atoms with E-state index in [-0.39, 0.29) is 11.5 Å². The first-order chi connectivity index (χ1) is 14.5. The van der Waals surface area contributed by atoms with Crippen molar-refractivity contribution in [3.8, 4) is 0 Å². The van der Waals surface area contributed by atoms with Gasteiger partial charge in [0.25, 0.3) is 10.6 Å². The average molecular weight is 437 g/mol. The van der Waals surface area contributed by atoms with Crippen LogP contribution in [0.3, 0.4) is 0 Å². The molecule has 2 heterocycles. The lowest BCUT2D eigenvalue weighted by molar-refractivity contribution is -0.642. The van der Waals surface area contributed by atoms with Crippen LogP contribution in [0.25, 0.3) is 22.5 Å². The van der Waals surface area contributed by atoms with E-state index >= 15 is 0 Å². The molecule has 0 atom stereocenters. The molecule has 0 saturated carbocycles. The van der Waals surface area contributed by atoms with Crippen LogP contribution in [0, 0.1) is 0 Å². The van der Waals surface area contributed by atoms with E-state index in [9.17, 15) is 9.59 Å². The molecule has 1 amide bonds. The Morgan fingerprint density at radius 2 is 1.80 bits per heavy atom. The molecule has 0 N–H and O–H groups in total. The molecule has 4 rings (SSSR count). The number of para-hydroxylation sites is 2. The summed E-state index contributed by atoms with van der Waals surface area (Å²) in [6.07, 6.45) is 3.71. The summed E-state index contributed by atoms with van der Waals surface area (Å²) in [6, 6.07) is 17.6. The van der Waals surface area contributed by atoms with Crippen molar-refractivity contribution in [1.82, 2.24) is 4.57 Å². The Labute approximate surface area is 182 Å². The van der Waals surface area contributed by atoms with Crippen LogP contribution in [-0.4, -0.2) is 10.5 Å². The van der Waals surface area contributed by atoms with Gasteiger partial charge in [-0.15, -0.1) is 11.3 Å². The van der Waals surface area contributed by atoms with Gasteiger partial charge in [-0.1, -0.05) is 41.7 Å². The maximum Gasteiger partial charge on any atom is 0.270 e. The molecule has 0 aliphatic carbocycles. The van der Waals surface area contributed by atoms with Gasteiger partial charge in [-0.05, 0) is 25.1 Å². The number of nitrogens with zero attached hydrogens (tertiary/aromatic N) is 3. The van der Waals surface area contributed by atoms with Crippen molar-refractivity contribution >= 4 is 56.8 Å². The molecule has 2 aromatic heterocycles. The van der Waals surface area contributed by atoms with Gasteiger partial charge >= 0.3 is 0 Å². The van der Waals surface area contributed by atoms with E-state index in [0.717, 1.165) is 20.9 Å². The van der Waals surface area contributed by atoms with E-state index in [1.54, 1.807) is 22.1 Å². The molecule has 0 saturated heterocycles. The third-order valence-corrected chi connectivity index (χ3v) is 7.10. The summed E-state index contributed by atoms with van der Waals surface area (Å²) in [5.41, 5.74) is 1.82. The Morgan fingerprint density at radius 1 is 1.10 bits per heavy atom. The van der Waals surface area contributed by atoms with Crippen molar-refractivity contribution in [2.24, 2.45) is 7.05 Å². The van der Waals surface area contributed by atoms with Crippen molar-refractivity contribution in [1.29, 1.82) is 0 Å². The molecule has 7 heteroatoms. The fourth-order valence-electron chi connectivity index (χ4n) is 3.34. The van der Waals surface area contributed by atoms with E-state index in [0.29, 0.717) is 11.1 Å². The second kappa shape index (κ2) is 8.38. The quantitative estimate of drug-likeness (QED) is 0.462. The fourth-order valence-corrected chi connectivity index (χ4v) is 5.57. The van der Waals surface area contributed by atoms with Crippen LogP contribution >= 0.6 is 22.7 Å². The molecule has 0 bridgehead atoms. The number of benzene rings is 2. The summed E-state index contributed by atoms with van der Waals surface area (Å²) < 4.78 is 6.49. The molecule has 0 aliphatic rings. The highest BCUT2D eigenvalue weighted by molar-refractivity contribution is 7.19. The van der Waals surface area contributed by atoms with Crippen LogP contribution in [0.15, 0.2) is 59.4 Å². The number of fused-ring (bicyclic) bond motifs is 1. The Hall–Kier alpha value is -3.03. The number of anilines is 1. The summed E-state index contributed by atoms with van der Waals surface area (Å²) in [6.45, 7) is 4.02. The minimum Gasteiger partial charge on any atom is -0.299 e. The molecule has 0 spiro atoms. The highest BCUT2D eigenvalue weighted by Crippen LogP contribution is 2.19. The summed E-state index contributed by atoms with van der Waals surface area (Å²) in [5, 5.41) is 1.07. The molecule has 30 heavy (non-hydrogen) atoms. The summed E-state index contributed by atoms with van der Waals surface area (Å²) >= 11 is 3.10. The van der Waals surface area contributed by atoms with Gasteiger partial charge in [0.05, 0.1) is 6.08 Å². The molecule has 4 aromatic rings. The van der Waals surface area contributed by atoms with Crippen molar-refractivity contribution in [2.75, 3.05) is 4.90 Å². The lowest BCUT2D eigenvalue weighted by Crippen LogP contribution is -2.34. The first-order valence-electron chi connectivity index (χ1n) is 9.65. The second-order valence-corrected chi connectivity index (χ2v) is 8.94. The van der Waals surface area contributed by atoms with Gasteiger partial charge in [-0.25, -0.2) is 0 Å². The fraction of sp³-hybridized carbons (Fsp3) is 0.174. The topological polar surface area (TPSA) is 46.2 Å². The Bertz CT molecular complexity index is 1400. The van der Waals surface area contributed by atoms with E-state index in [4.69, 9.17) is 0 Å². The monoisotopic (exact) mass is 436 g/mol. The average Bonchev–Trinajstić information content (AvgIpc) is 3.23. The van der Waals surface area contributed by atoms with Gasteiger partial charge in [0.15, 0.2) is 0 Å². The van der Waals surface area contributed by atoms with Gasteiger partial charge in [-0.2, -0.15) is 4.57 Å². The number of carbonyl (C=O) groups excluding carboxylic acids is 1. The number of amides is 1. The SMILES string of the molecule is CCn1c(=Cc2sc3ccccc3[n+]2C)sc(=CN(C(C)=O)c2ccccc2)c1=O. The molecule has 0 aliphatic heterocycles. The summed E-state index contributed by atoms with van der Waals surface area (Å²) in [5.74, 6) is -0.140. The van der Waals surface area contributed by atoms with Crippen molar-refractivity contribution in [2.45, 2.75) is 20.4 Å². The van der Waals surface area contributed by atoms with Gasteiger partial charge in [0, 0.05) is 31.4 Å². The normalized spacial score (nSPS) is 12.6. The summed E-state index contributed by atoms with van der Waals surface area (Å²) in [4.78, 5) is 26.8. The highest BCUT2D eigenvalue weighted by Gasteiger charge is 2.16. The predicted octanol–water partition coefficient (Wildman–Crippen LogP) is 2.59. The number of thiazole rings is 2. The van der Waals surface area contributed by atoms with Gasteiger partial charge < -0.3 is 0 Å². The van der Waals surface area contributed by atoms with Crippen LogP contribution in [-0.2, 0) is 18.4 Å². The molecule has 5 nitrogen and oxygen atoms in total. The Kier molecular flexibility index (Phi) is 5.65. The third-order valence-electron chi connectivity index (χ3n) is 4.89. The number of carbonyl (C=O) groups is 1. The van der Waals surface area contributed by atoms with Crippen LogP contribution in [0.4, 0.5) is 5.69 Å². The van der Waals surface area contributed by atoms with Crippen molar-refractivity contribution < 1.29 is 9.36 Å². The largest absolute Gasteiger partial charge is 0.299 e. The van der Waals surface area contributed by atoms with Crippen LogP contribution in [0.5, 0.6) is 0 Å². The van der Waals surface area contributed by atoms with E-state index in [2.05, 4.69) is 22.8 Å². The lowest BCUT2D eigenvalue weighted by Gasteiger charge is -2.15. The molecular formula is C23H22N3O2S2+. The zero-order valence-corrected chi connectivity index (χ0v) is 18.7. The summed E-state index contributed by atoms with van der Waals surface area (Å²) in [7, 11) is 2.03. The first-order valence-corrected chi connectivity index (χ1v) is 11.3. The van der Waals surface area contributed by atoms with Gasteiger partial charge in [0.1, 0.15) is 20.9 Å². The van der Waals surface area contributed by atoms with E-state index < -0.39 is 0 Å². The minimum absolute atomic E-state index is 0.0836.